The summed E-state index contributed by atoms with van der Waals surface area (Å²) in [5, 5.41) is 0. The van der Waals surface area contributed by atoms with E-state index in [4.69, 9.17) is 5.73 Å². The second kappa shape index (κ2) is 3.92. The van der Waals surface area contributed by atoms with Gasteiger partial charge in [-0.2, -0.15) is 8.78 Å². The summed E-state index contributed by atoms with van der Waals surface area (Å²) in [6.07, 6.45) is 0.770. The van der Waals surface area contributed by atoms with Crippen molar-refractivity contribution in [3.8, 4) is 0 Å². The highest BCUT2D eigenvalue weighted by Crippen LogP contribution is 2.30. The molecule has 2 N–H and O–H groups in total. The van der Waals surface area contributed by atoms with Crippen molar-refractivity contribution in [1.82, 2.24) is 4.98 Å². The number of rotatable bonds is 3. The van der Waals surface area contributed by atoms with Crippen LogP contribution < -0.4 is 5.73 Å². The summed E-state index contributed by atoms with van der Waals surface area (Å²) >= 11 is 0. The maximum Gasteiger partial charge on any atom is 0.289 e. The Balaban J connectivity index is 3.18. The highest BCUT2D eigenvalue weighted by atomic mass is 19.3. The zero-order valence-electron chi connectivity index (χ0n) is 8.55. The van der Waals surface area contributed by atoms with Gasteiger partial charge in [0.15, 0.2) is 0 Å². The van der Waals surface area contributed by atoms with Crippen molar-refractivity contribution in [3.05, 3.63) is 29.1 Å². The Morgan fingerprint density at radius 2 is 2.20 bits per heavy atom. The highest BCUT2D eigenvalue weighted by Gasteiger charge is 2.31. The Labute approximate surface area is 86.3 Å². The third kappa shape index (κ3) is 2.29. The van der Waals surface area contributed by atoms with Gasteiger partial charge in [0.1, 0.15) is 5.69 Å². The predicted octanol–water partition coefficient (Wildman–Crippen LogP) is 1.99. The van der Waals surface area contributed by atoms with E-state index in [1.54, 1.807) is 6.92 Å². The van der Waals surface area contributed by atoms with Crippen LogP contribution in [0.5, 0.6) is 0 Å². The molecular weight excluding hydrogens is 202 g/mol. The summed E-state index contributed by atoms with van der Waals surface area (Å²) in [6, 6.07) is 1.20. The first-order valence-electron chi connectivity index (χ1n) is 4.53. The van der Waals surface area contributed by atoms with Gasteiger partial charge in [-0.25, -0.2) is 0 Å². The van der Waals surface area contributed by atoms with Crippen LogP contribution in [0.2, 0.25) is 0 Å². The third-order valence-corrected chi connectivity index (χ3v) is 2.20. The number of carbonyl (C=O) groups excluding carboxylic acids is 1. The van der Waals surface area contributed by atoms with E-state index >= 15 is 0 Å². The van der Waals surface area contributed by atoms with E-state index in [-0.39, 0.29) is 17.7 Å². The average molecular weight is 214 g/mol. The third-order valence-electron chi connectivity index (χ3n) is 2.20. The van der Waals surface area contributed by atoms with E-state index < -0.39 is 11.8 Å². The number of alkyl halides is 2. The minimum atomic E-state index is -2.96. The quantitative estimate of drug-likeness (QED) is 0.836. The van der Waals surface area contributed by atoms with E-state index in [1.807, 2.05) is 0 Å². The molecular formula is C10H12F2N2O. The fourth-order valence-corrected chi connectivity index (χ4v) is 1.20. The second-order valence-corrected chi connectivity index (χ2v) is 3.31. The Morgan fingerprint density at radius 3 is 2.60 bits per heavy atom. The van der Waals surface area contributed by atoms with E-state index in [0.717, 1.165) is 6.20 Å². The summed E-state index contributed by atoms with van der Waals surface area (Å²) in [7, 11) is 0. The number of pyridine rings is 1. The summed E-state index contributed by atoms with van der Waals surface area (Å²) in [5.74, 6) is -3.62. The van der Waals surface area contributed by atoms with Gasteiger partial charge in [-0.1, -0.05) is 6.92 Å². The number of hydrogen-bond acceptors (Lipinski definition) is 2. The van der Waals surface area contributed by atoms with Crippen LogP contribution in [0.15, 0.2) is 12.3 Å². The monoisotopic (exact) mass is 214 g/mol. The first kappa shape index (κ1) is 11.6. The normalized spacial score (nSPS) is 11.5. The van der Waals surface area contributed by atoms with Crippen molar-refractivity contribution in [2.45, 2.75) is 26.2 Å². The summed E-state index contributed by atoms with van der Waals surface area (Å²) in [5.41, 5.74) is 5.30. The van der Waals surface area contributed by atoms with Crippen molar-refractivity contribution in [2.75, 3.05) is 0 Å². The zero-order chi connectivity index (χ0) is 11.6. The lowest BCUT2D eigenvalue weighted by Crippen LogP contribution is -2.18. The SMILES string of the molecule is CCC(F)(F)c1cc(C)c(C(N)=O)cn1. The Hall–Kier alpha value is -1.52. The van der Waals surface area contributed by atoms with Gasteiger partial charge in [0, 0.05) is 12.6 Å². The van der Waals surface area contributed by atoms with Crippen molar-refractivity contribution in [1.29, 1.82) is 0 Å². The summed E-state index contributed by atoms with van der Waals surface area (Å²) in [4.78, 5) is 14.4. The van der Waals surface area contributed by atoms with E-state index in [1.165, 1.54) is 13.0 Å². The number of amides is 1. The van der Waals surface area contributed by atoms with Crippen LogP contribution in [0, 0.1) is 6.92 Å². The fraction of sp³-hybridized carbons (Fsp3) is 0.400. The smallest absolute Gasteiger partial charge is 0.289 e. The Morgan fingerprint density at radius 1 is 1.60 bits per heavy atom. The van der Waals surface area contributed by atoms with E-state index in [9.17, 15) is 13.6 Å². The van der Waals surface area contributed by atoms with E-state index in [2.05, 4.69) is 4.98 Å². The molecule has 82 valence electrons. The van der Waals surface area contributed by atoms with Crippen molar-refractivity contribution < 1.29 is 13.6 Å². The average Bonchev–Trinajstić information content (AvgIpc) is 2.17. The van der Waals surface area contributed by atoms with Crippen molar-refractivity contribution in [2.24, 2.45) is 5.73 Å². The lowest BCUT2D eigenvalue weighted by atomic mass is 10.1. The molecule has 0 saturated heterocycles. The summed E-state index contributed by atoms with van der Waals surface area (Å²) in [6.45, 7) is 2.93. The minimum Gasteiger partial charge on any atom is -0.366 e. The molecule has 0 aliphatic carbocycles. The molecule has 3 nitrogen and oxygen atoms in total. The second-order valence-electron chi connectivity index (χ2n) is 3.31. The maximum absolute atomic E-state index is 13.2. The van der Waals surface area contributed by atoms with Crippen LogP contribution in [0.4, 0.5) is 8.78 Å². The Bertz CT molecular complexity index is 391. The van der Waals surface area contributed by atoms with Crippen LogP contribution in [-0.2, 0) is 5.92 Å². The number of carbonyl (C=O) groups is 1. The van der Waals surface area contributed by atoms with Crippen LogP contribution in [0.3, 0.4) is 0 Å². The van der Waals surface area contributed by atoms with Gasteiger partial charge in [0.25, 0.3) is 11.8 Å². The zero-order valence-corrected chi connectivity index (χ0v) is 8.55. The molecule has 0 aliphatic heterocycles. The molecule has 0 unspecified atom stereocenters. The fourth-order valence-electron chi connectivity index (χ4n) is 1.20. The van der Waals surface area contributed by atoms with Gasteiger partial charge in [-0.05, 0) is 18.6 Å². The molecule has 0 bridgehead atoms. The lowest BCUT2D eigenvalue weighted by Gasteiger charge is -2.14. The molecule has 1 heterocycles. The number of aryl methyl sites for hydroxylation is 1. The number of hydrogen-bond donors (Lipinski definition) is 1. The van der Waals surface area contributed by atoms with Gasteiger partial charge >= 0.3 is 0 Å². The molecule has 0 spiro atoms. The molecule has 0 radical (unpaired) electrons. The summed E-state index contributed by atoms with van der Waals surface area (Å²) < 4.78 is 26.4. The van der Waals surface area contributed by atoms with Gasteiger partial charge in [-0.15, -0.1) is 0 Å². The molecule has 5 heteroatoms. The maximum atomic E-state index is 13.2. The molecule has 1 amide bonds. The minimum absolute atomic E-state index is 0.172. The first-order chi connectivity index (χ1) is 6.88. The van der Waals surface area contributed by atoms with Gasteiger partial charge in [0.05, 0.1) is 5.56 Å². The molecule has 0 aromatic carbocycles. The number of nitrogens with two attached hydrogens (primary N) is 1. The standard InChI is InChI=1S/C10H12F2N2O/c1-3-10(11,12)8-4-6(2)7(5-14-8)9(13)15/h4-5H,3H2,1-2H3,(H2,13,15). The molecule has 1 aromatic rings. The molecule has 0 fully saturated rings. The number of nitrogens with zero attached hydrogens (tertiary/aromatic N) is 1. The molecule has 0 atom stereocenters. The molecule has 0 saturated carbocycles. The van der Waals surface area contributed by atoms with E-state index in [0.29, 0.717) is 5.56 Å². The highest BCUT2D eigenvalue weighted by molar-refractivity contribution is 5.93. The largest absolute Gasteiger partial charge is 0.366 e. The van der Waals surface area contributed by atoms with Gasteiger partial charge in [0.2, 0.25) is 0 Å². The van der Waals surface area contributed by atoms with Gasteiger partial charge in [-0.3, -0.25) is 9.78 Å². The van der Waals surface area contributed by atoms with Gasteiger partial charge < -0.3 is 5.73 Å². The van der Waals surface area contributed by atoms with Crippen molar-refractivity contribution in [3.63, 3.8) is 0 Å². The molecule has 1 aromatic heterocycles. The molecule has 15 heavy (non-hydrogen) atoms. The molecule has 0 aliphatic rings. The topological polar surface area (TPSA) is 56.0 Å². The Kier molecular flexibility index (Phi) is 3.02. The number of aromatic nitrogens is 1. The van der Waals surface area contributed by atoms with Crippen LogP contribution in [-0.4, -0.2) is 10.9 Å². The molecule has 1 rings (SSSR count). The van der Waals surface area contributed by atoms with Crippen molar-refractivity contribution >= 4 is 5.91 Å². The first-order valence-corrected chi connectivity index (χ1v) is 4.53. The van der Waals surface area contributed by atoms with Crippen LogP contribution in [0.1, 0.15) is 35.0 Å². The van der Waals surface area contributed by atoms with Crippen LogP contribution in [0.25, 0.3) is 0 Å². The number of primary amides is 1. The lowest BCUT2D eigenvalue weighted by molar-refractivity contribution is -0.0129. The predicted molar refractivity (Wildman–Crippen MR) is 51.7 cm³/mol. The number of halogens is 2. The van der Waals surface area contributed by atoms with Crippen LogP contribution >= 0.6 is 0 Å².